The van der Waals surface area contributed by atoms with E-state index in [0.29, 0.717) is 5.56 Å². The number of hydrogen-bond donors (Lipinski definition) is 3. The van der Waals surface area contributed by atoms with Gasteiger partial charge in [-0.05, 0) is 60.0 Å². The van der Waals surface area contributed by atoms with Crippen LogP contribution in [0.15, 0.2) is 79.0 Å². The van der Waals surface area contributed by atoms with Crippen molar-refractivity contribution in [3.63, 3.8) is 0 Å². The number of imidazole rings is 1. The van der Waals surface area contributed by atoms with Gasteiger partial charge in [-0.2, -0.15) is 0 Å². The number of carbonyl (C=O) groups is 1. The van der Waals surface area contributed by atoms with Gasteiger partial charge >= 0.3 is 0 Å². The highest BCUT2D eigenvalue weighted by atomic mass is 16.1. The fraction of sp³-hybridized carbons (Fsp3) is 0. The molecule has 5 rings (SSSR count). The maximum Gasteiger partial charge on any atom is 0.255 e. The van der Waals surface area contributed by atoms with Crippen molar-refractivity contribution in [2.75, 3.05) is 5.32 Å². The number of hydrogen-bond acceptors (Lipinski definition) is 2. The Morgan fingerprint density at radius 1 is 0.889 bits per heavy atom. The average Bonchev–Trinajstić information content (AvgIpc) is 3.34. The lowest BCUT2D eigenvalue weighted by atomic mass is 10.1. The molecule has 0 fully saturated rings. The van der Waals surface area contributed by atoms with Crippen molar-refractivity contribution >= 4 is 33.5 Å². The number of nitrogens with zero attached hydrogens (tertiary/aromatic N) is 1. The van der Waals surface area contributed by atoms with Crippen LogP contribution in [0.1, 0.15) is 10.4 Å². The highest BCUT2D eigenvalue weighted by Gasteiger charge is 2.09. The fourth-order valence-electron chi connectivity index (χ4n) is 3.19. The van der Waals surface area contributed by atoms with Crippen LogP contribution in [-0.2, 0) is 0 Å². The van der Waals surface area contributed by atoms with Crippen LogP contribution in [-0.4, -0.2) is 20.9 Å². The number of fused-ring (bicyclic) bond motifs is 2. The van der Waals surface area contributed by atoms with Crippen LogP contribution in [0.25, 0.3) is 33.3 Å². The third kappa shape index (κ3) is 2.85. The lowest BCUT2D eigenvalue weighted by Crippen LogP contribution is -2.11. The van der Waals surface area contributed by atoms with E-state index in [9.17, 15) is 4.79 Å². The molecule has 0 spiro atoms. The smallest absolute Gasteiger partial charge is 0.255 e. The Morgan fingerprint density at radius 3 is 2.59 bits per heavy atom. The zero-order chi connectivity index (χ0) is 18.2. The lowest BCUT2D eigenvalue weighted by Gasteiger charge is -2.06. The molecule has 0 saturated carbocycles. The minimum absolute atomic E-state index is 0.136. The van der Waals surface area contributed by atoms with Crippen LogP contribution in [0.2, 0.25) is 0 Å². The van der Waals surface area contributed by atoms with Crippen LogP contribution in [0.4, 0.5) is 5.69 Å². The van der Waals surface area contributed by atoms with Crippen LogP contribution >= 0.6 is 0 Å². The van der Waals surface area contributed by atoms with Gasteiger partial charge in [-0.15, -0.1) is 0 Å². The first-order valence-electron chi connectivity index (χ1n) is 8.70. The van der Waals surface area contributed by atoms with E-state index < -0.39 is 0 Å². The summed E-state index contributed by atoms with van der Waals surface area (Å²) in [5.74, 6) is 0.675. The topological polar surface area (TPSA) is 73.6 Å². The number of aromatic nitrogens is 3. The summed E-state index contributed by atoms with van der Waals surface area (Å²) >= 11 is 0. The van der Waals surface area contributed by atoms with E-state index in [-0.39, 0.29) is 5.91 Å². The van der Waals surface area contributed by atoms with Gasteiger partial charge < -0.3 is 15.3 Å². The largest absolute Gasteiger partial charge is 0.361 e. The lowest BCUT2D eigenvalue weighted by molar-refractivity contribution is 0.102. The van der Waals surface area contributed by atoms with Crippen molar-refractivity contribution in [2.24, 2.45) is 0 Å². The quantitative estimate of drug-likeness (QED) is 0.429. The Labute approximate surface area is 155 Å². The van der Waals surface area contributed by atoms with E-state index >= 15 is 0 Å². The molecule has 0 aliphatic heterocycles. The van der Waals surface area contributed by atoms with E-state index in [1.54, 1.807) is 0 Å². The van der Waals surface area contributed by atoms with E-state index in [1.807, 2.05) is 79.0 Å². The van der Waals surface area contributed by atoms with Gasteiger partial charge in [0.2, 0.25) is 0 Å². The van der Waals surface area contributed by atoms with Crippen LogP contribution in [0, 0.1) is 0 Å². The molecular weight excluding hydrogens is 336 g/mol. The Kier molecular flexibility index (Phi) is 3.50. The van der Waals surface area contributed by atoms with Gasteiger partial charge in [-0.3, -0.25) is 4.79 Å². The van der Waals surface area contributed by atoms with Gasteiger partial charge in [-0.1, -0.05) is 18.2 Å². The fourth-order valence-corrected chi connectivity index (χ4v) is 3.19. The molecule has 2 heterocycles. The summed E-state index contributed by atoms with van der Waals surface area (Å²) in [7, 11) is 0. The van der Waals surface area contributed by atoms with Crippen LogP contribution in [0.3, 0.4) is 0 Å². The van der Waals surface area contributed by atoms with Crippen LogP contribution < -0.4 is 5.32 Å². The summed E-state index contributed by atoms with van der Waals surface area (Å²) in [6, 6.07) is 23.2. The monoisotopic (exact) mass is 352 g/mol. The third-order valence-electron chi connectivity index (χ3n) is 4.62. The van der Waals surface area contributed by atoms with E-state index in [1.165, 1.54) is 0 Å². The van der Waals surface area contributed by atoms with Crippen molar-refractivity contribution in [1.82, 2.24) is 15.0 Å². The normalized spacial score (nSPS) is 11.1. The SMILES string of the molecule is O=C(Nc1ccc(-c2nc3ccccc3[nH]2)cc1)c1ccc2cc[nH]c2c1. The molecule has 1 amide bonds. The van der Waals surface area contributed by atoms with Crippen molar-refractivity contribution in [2.45, 2.75) is 0 Å². The van der Waals surface area contributed by atoms with Crippen molar-refractivity contribution < 1.29 is 4.79 Å². The summed E-state index contributed by atoms with van der Waals surface area (Å²) in [6.07, 6.45) is 1.86. The number of anilines is 1. The minimum Gasteiger partial charge on any atom is -0.361 e. The Morgan fingerprint density at radius 2 is 1.74 bits per heavy atom. The zero-order valence-corrected chi connectivity index (χ0v) is 14.4. The summed E-state index contributed by atoms with van der Waals surface area (Å²) < 4.78 is 0. The van der Waals surface area contributed by atoms with Gasteiger partial charge in [0, 0.05) is 28.5 Å². The number of aromatic amines is 2. The molecule has 27 heavy (non-hydrogen) atoms. The molecule has 3 N–H and O–H groups in total. The molecule has 5 nitrogen and oxygen atoms in total. The molecule has 0 atom stereocenters. The molecular formula is C22H16N4O. The molecule has 0 radical (unpaired) electrons. The standard InChI is InChI=1S/C22H16N4O/c27-22(16-6-5-14-11-12-23-20(14)13-16)24-17-9-7-15(8-10-17)21-25-18-3-1-2-4-19(18)26-21/h1-13,23H,(H,24,27)(H,25,26). The van der Waals surface area contributed by atoms with Crippen molar-refractivity contribution in [3.8, 4) is 11.4 Å². The summed E-state index contributed by atoms with van der Waals surface area (Å²) in [6.45, 7) is 0. The molecule has 0 unspecified atom stereocenters. The first-order chi connectivity index (χ1) is 13.3. The number of benzene rings is 3. The first kappa shape index (κ1) is 15.4. The Balaban J connectivity index is 1.37. The number of carbonyl (C=O) groups excluding carboxylic acids is 1. The van der Waals surface area contributed by atoms with Crippen molar-refractivity contribution in [1.29, 1.82) is 0 Å². The van der Waals surface area contributed by atoms with Gasteiger partial charge in [0.1, 0.15) is 5.82 Å². The minimum atomic E-state index is -0.136. The van der Waals surface area contributed by atoms with Crippen molar-refractivity contribution in [3.05, 3.63) is 84.6 Å². The average molecular weight is 352 g/mol. The molecule has 5 aromatic rings. The van der Waals surface area contributed by atoms with Gasteiger partial charge in [0.15, 0.2) is 0 Å². The van der Waals surface area contributed by atoms with Gasteiger partial charge in [0.05, 0.1) is 11.0 Å². The molecule has 5 heteroatoms. The molecule has 130 valence electrons. The third-order valence-corrected chi connectivity index (χ3v) is 4.62. The molecule has 0 aliphatic carbocycles. The maximum atomic E-state index is 12.5. The van der Waals surface area contributed by atoms with E-state index in [4.69, 9.17) is 0 Å². The summed E-state index contributed by atoms with van der Waals surface area (Å²) in [5, 5.41) is 4.02. The summed E-state index contributed by atoms with van der Waals surface area (Å²) in [5.41, 5.74) is 5.21. The number of rotatable bonds is 3. The summed E-state index contributed by atoms with van der Waals surface area (Å²) in [4.78, 5) is 23.5. The second-order valence-corrected chi connectivity index (χ2v) is 6.41. The second-order valence-electron chi connectivity index (χ2n) is 6.41. The molecule has 0 aliphatic rings. The predicted octanol–water partition coefficient (Wildman–Crippen LogP) is 4.96. The highest BCUT2D eigenvalue weighted by Crippen LogP contribution is 2.22. The highest BCUT2D eigenvalue weighted by molar-refractivity contribution is 6.06. The van der Waals surface area contributed by atoms with Gasteiger partial charge in [0.25, 0.3) is 5.91 Å². The number of para-hydroxylation sites is 2. The van der Waals surface area contributed by atoms with E-state index in [0.717, 1.165) is 39.0 Å². The number of amides is 1. The van der Waals surface area contributed by atoms with Crippen LogP contribution in [0.5, 0.6) is 0 Å². The zero-order valence-electron chi connectivity index (χ0n) is 14.4. The number of H-pyrrole nitrogens is 2. The van der Waals surface area contributed by atoms with Gasteiger partial charge in [-0.25, -0.2) is 4.98 Å². The second kappa shape index (κ2) is 6.14. The Bertz CT molecular complexity index is 1230. The molecule has 3 aromatic carbocycles. The Hall–Kier alpha value is -3.86. The molecule has 0 saturated heterocycles. The first-order valence-corrected chi connectivity index (χ1v) is 8.70. The van der Waals surface area contributed by atoms with E-state index in [2.05, 4.69) is 20.3 Å². The number of nitrogens with one attached hydrogen (secondary N) is 3. The predicted molar refractivity (Wildman–Crippen MR) is 108 cm³/mol. The molecule has 0 bridgehead atoms. The molecule has 2 aromatic heterocycles. The maximum absolute atomic E-state index is 12.5.